The Morgan fingerprint density at radius 1 is 0.882 bits per heavy atom. The lowest BCUT2D eigenvalue weighted by Crippen LogP contribution is -2.47. The van der Waals surface area contributed by atoms with Crippen LogP contribution in [0.1, 0.15) is 32.1 Å². The van der Waals surface area contributed by atoms with Crippen molar-refractivity contribution in [1.82, 2.24) is 15.1 Å². The van der Waals surface area contributed by atoms with E-state index >= 15 is 0 Å². The zero-order valence-corrected chi connectivity index (χ0v) is 11.0. The molecule has 3 aliphatic rings. The van der Waals surface area contributed by atoms with Gasteiger partial charge in [0.2, 0.25) is 0 Å². The third-order valence-electron chi connectivity index (χ3n) is 4.34. The predicted molar refractivity (Wildman–Crippen MR) is 71.2 cm³/mol. The van der Waals surface area contributed by atoms with Crippen molar-refractivity contribution in [3.05, 3.63) is 0 Å². The summed E-state index contributed by atoms with van der Waals surface area (Å²) in [4.78, 5) is 5.33. The molecule has 0 radical (unpaired) electrons. The SMILES string of the molecule is C(CNC1CC1)CN1CCN(CC2CC2)CC1. The summed E-state index contributed by atoms with van der Waals surface area (Å²) in [5.41, 5.74) is 0. The highest BCUT2D eigenvalue weighted by Gasteiger charge is 2.26. The van der Waals surface area contributed by atoms with Gasteiger partial charge in [0.25, 0.3) is 0 Å². The van der Waals surface area contributed by atoms with Crippen LogP contribution in [-0.4, -0.2) is 61.7 Å². The summed E-state index contributed by atoms with van der Waals surface area (Å²) >= 11 is 0. The number of nitrogens with zero attached hydrogens (tertiary/aromatic N) is 2. The fourth-order valence-electron chi connectivity index (χ4n) is 2.76. The van der Waals surface area contributed by atoms with Crippen LogP contribution in [-0.2, 0) is 0 Å². The molecule has 1 heterocycles. The molecule has 0 amide bonds. The lowest BCUT2D eigenvalue weighted by molar-refractivity contribution is 0.127. The first-order valence-electron chi connectivity index (χ1n) is 7.58. The van der Waals surface area contributed by atoms with Crippen LogP contribution < -0.4 is 5.32 Å². The quantitative estimate of drug-likeness (QED) is 0.670. The molecule has 17 heavy (non-hydrogen) atoms. The third-order valence-corrected chi connectivity index (χ3v) is 4.34. The minimum absolute atomic E-state index is 0.880. The van der Waals surface area contributed by atoms with Gasteiger partial charge in [-0.2, -0.15) is 0 Å². The summed E-state index contributed by atoms with van der Waals surface area (Å²) in [7, 11) is 0. The van der Waals surface area contributed by atoms with Crippen molar-refractivity contribution in [2.24, 2.45) is 5.92 Å². The van der Waals surface area contributed by atoms with Gasteiger partial charge in [-0.25, -0.2) is 0 Å². The Labute approximate surface area is 106 Å². The fourth-order valence-corrected chi connectivity index (χ4v) is 2.76. The standard InChI is InChI=1S/C14H27N3/c1(6-15-14-4-5-14)7-16-8-10-17(11-9-16)12-13-2-3-13/h13-15H,1-12H2. The van der Waals surface area contributed by atoms with E-state index in [0.717, 1.165) is 12.0 Å². The van der Waals surface area contributed by atoms with Crippen LogP contribution in [0.25, 0.3) is 0 Å². The molecule has 0 bridgehead atoms. The molecule has 2 saturated carbocycles. The summed E-state index contributed by atoms with van der Waals surface area (Å²) in [6.07, 6.45) is 7.15. The highest BCUT2D eigenvalue weighted by atomic mass is 15.3. The molecule has 3 fully saturated rings. The van der Waals surface area contributed by atoms with Gasteiger partial charge in [0.1, 0.15) is 0 Å². The van der Waals surface area contributed by atoms with Gasteiger partial charge in [0, 0.05) is 38.8 Å². The van der Waals surface area contributed by atoms with Crippen LogP contribution in [0.5, 0.6) is 0 Å². The number of rotatable bonds is 7. The van der Waals surface area contributed by atoms with E-state index in [-0.39, 0.29) is 0 Å². The second kappa shape index (κ2) is 5.68. The number of hydrogen-bond donors (Lipinski definition) is 1. The lowest BCUT2D eigenvalue weighted by atomic mass is 10.2. The van der Waals surface area contributed by atoms with Crippen LogP contribution in [0.2, 0.25) is 0 Å². The van der Waals surface area contributed by atoms with Crippen molar-refractivity contribution in [2.75, 3.05) is 45.8 Å². The van der Waals surface area contributed by atoms with Crippen molar-refractivity contribution < 1.29 is 0 Å². The van der Waals surface area contributed by atoms with E-state index in [4.69, 9.17) is 0 Å². The molecule has 98 valence electrons. The van der Waals surface area contributed by atoms with Gasteiger partial charge >= 0.3 is 0 Å². The van der Waals surface area contributed by atoms with Crippen LogP contribution in [0.4, 0.5) is 0 Å². The molecule has 1 saturated heterocycles. The molecule has 3 heteroatoms. The van der Waals surface area contributed by atoms with Gasteiger partial charge in [-0.1, -0.05) is 0 Å². The van der Waals surface area contributed by atoms with E-state index < -0.39 is 0 Å². The highest BCUT2D eigenvalue weighted by molar-refractivity contribution is 4.82. The Bertz CT molecular complexity index is 225. The first-order valence-corrected chi connectivity index (χ1v) is 7.58. The van der Waals surface area contributed by atoms with Crippen LogP contribution >= 0.6 is 0 Å². The maximum absolute atomic E-state index is 3.60. The average molecular weight is 237 g/mol. The summed E-state index contributed by atoms with van der Waals surface area (Å²) in [6.45, 7) is 9.15. The summed E-state index contributed by atoms with van der Waals surface area (Å²) in [6, 6.07) is 0.880. The smallest absolute Gasteiger partial charge is 0.0110 e. The maximum atomic E-state index is 3.60. The Hall–Kier alpha value is -0.120. The van der Waals surface area contributed by atoms with E-state index in [0.29, 0.717) is 0 Å². The minimum atomic E-state index is 0.880. The lowest BCUT2D eigenvalue weighted by Gasteiger charge is -2.34. The molecule has 0 spiro atoms. The number of piperazine rings is 1. The first kappa shape index (κ1) is 11.9. The average Bonchev–Trinajstić information content (AvgIpc) is 3.22. The van der Waals surface area contributed by atoms with Crippen LogP contribution in [0, 0.1) is 5.92 Å². The molecule has 3 rings (SSSR count). The molecule has 0 aromatic carbocycles. The molecule has 0 aromatic rings. The Morgan fingerprint density at radius 2 is 1.59 bits per heavy atom. The molecule has 0 atom stereocenters. The Kier molecular flexibility index (Phi) is 3.99. The van der Waals surface area contributed by atoms with Gasteiger partial charge in [-0.3, -0.25) is 0 Å². The number of hydrogen-bond acceptors (Lipinski definition) is 3. The van der Waals surface area contributed by atoms with Crippen molar-refractivity contribution in [3.8, 4) is 0 Å². The molecule has 2 aliphatic carbocycles. The van der Waals surface area contributed by atoms with Gasteiger partial charge in [-0.15, -0.1) is 0 Å². The topological polar surface area (TPSA) is 18.5 Å². The normalized spacial score (nSPS) is 27.5. The first-order chi connectivity index (χ1) is 8.40. The molecular weight excluding hydrogens is 210 g/mol. The molecule has 1 N–H and O–H groups in total. The van der Waals surface area contributed by atoms with Crippen LogP contribution in [0.15, 0.2) is 0 Å². The summed E-state index contributed by atoms with van der Waals surface area (Å²) < 4.78 is 0. The molecule has 1 aliphatic heterocycles. The van der Waals surface area contributed by atoms with Gasteiger partial charge in [-0.05, 0) is 51.1 Å². The van der Waals surface area contributed by atoms with Crippen molar-refractivity contribution >= 4 is 0 Å². The third kappa shape index (κ3) is 4.23. The zero-order valence-electron chi connectivity index (χ0n) is 11.0. The van der Waals surface area contributed by atoms with Crippen molar-refractivity contribution in [3.63, 3.8) is 0 Å². The van der Waals surface area contributed by atoms with Crippen LogP contribution in [0.3, 0.4) is 0 Å². The molecule has 0 aromatic heterocycles. The largest absolute Gasteiger partial charge is 0.314 e. The van der Waals surface area contributed by atoms with E-state index in [1.54, 1.807) is 0 Å². The molecule has 0 unspecified atom stereocenters. The maximum Gasteiger partial charge on any atom is 0.0110 e. The molecule has 3 nitrogen and oxygen atoms in total. The van der Waals surface area contributed by atoms with Gasteiger partial charge in [0.15, 0.2) is 0 Å². The summed E-state index contributed by atoms with van der Waals surface area (Å²) in [5.74, 6) is 1.06. The van der Waals surface area contributed by atoms with Crippen molar-refractivity contribution in [2.45, 2.75) is 38.1 Å². The van der Waals surface area contributed by atoms with Gasteiger partial charge < -0.3 is 15.1 Å². The fraction of sp³-hybridized carbons (Fsp3) is 1.00. The molecular formula is C14H27N3. The van der Waals surface area contributed by atoms with Gasteiger partial charge in [0.05, 0.1) is 0 Å². The second-order valence-electron chi connectivity index (χ2n) is 6.17. The zero-order chi connectivity index (χ0) is 11.5. The monoisotopic (exact) mass is 237 g/mol. The van der Waals surface area contributed by atoms with E-state index in [1.807, 2.05) is 0 Å². The summed E-state index contributed by atoms with van der Waals surface area (Å²) in [5, 5.41) is 3.60. The van der Waals surface area contributed by atoms with E-state index in [9.17, 15) is 0 Å². The Balaban J connectivity index is 1.23. The second-order valence-corrected chi connectivity index (χ2v) is 6.17. The van der Waals surface area contributed by atoms with E-state index in [1.165, 1.54) is 77.9 Å². The highest BCUT2D eigenvalue weighted by Crippen LogP contribution is 2.29. The van der Waals surface area contributed by atoms with Crippen molar-refractivity contribution in [1.29, 1.82) is 0 Å². The predicted octanol–water partition coefficient (Wildman–Crippen LogP) is 1.16. The number of nitrogens with one attached hydrogen (secondary N) is 1. The minimum Gasteiger partial charge on any atom is -0.314 e. The Morgan fingerprint density at radius 3 is 2.24 bits per heavy atom. The van der Waals surface area contributed by atoms with E-state index in [2.05, 4.69) is 15.1 Å².